The zero-order chi connectivity index (χ0) is 17.1. The molecule has 24 heavy (non-hydrogen) atoms. The van der Waals surface area contributed by atoms with E-state index in [2.05, 4.69) is 10.1 Å². The highest BCUT2D eigenvalue weighted by molar-refractivity contribution is 7.13. The maximum Gasteiger partial charge on any atom is 0.350 e. The highest BCUT2D eigenvalue weighted by Crippen LogP contribution is 2.18. The largest absolute Gasteiger partial charge is 0.451 e. The van der Waals surface area contributed by atoms with Gasteiger partial charge in [0.15, 0.2) is 6.61 Å². The minimum atomic E-state index is -0.516. The molecule has 3 rings (SSSR count). The van der Waals surface area contributed by atoms with Gasteiger partial charge in [-0.15, -0.1) is 11.3 Å². The third-order valence-corrected chi connectivity index (χ3v) is 4.67. The molecule has 1 aromatic heterocycles. The number of benzene rings is 1. The number of carbonyl (C=O) groups excluding carboxylic acids is 2. The molecule has 0 unspecified atom stereocenters. The lowest BCUT2D eigenvalue weighted by atomic mass is 10.1. The van der Waals surface area contributed by atoms with E-state index in [1.54, 1.807) is 6.92 Å². The molecule has 0 atom stereocenters. The predicted octanol–water partition coefficient (Wildman–Crippen LogP) is 2.55. The van der Waals surface area contributed by atoms with Crippen LogP contribution in [0.5, 0.6) is 0 Å². The number of hydrogen-bond donors (Lipinski definition) is 0. The Morgan fingerprint density at radius 2 is 2.00 bits per heavy atom. The summed E-state index contributed by atoms with van der Waals surface area (Å²) >= 11 is 1.27. The molecule has 1 aromatic carbocycles. The maximum atomic E-state index is 12.2. The van der Waals surface area contributed by atoms with Gasteiger partial charge in [0.1, 0.15) is 4.88 Å². The molecule has 0 N–H and O–H groups in total. The smallest absolute Gasteiger partial charge is 0.350 e. The van der Waals surface area contributed by atoms with Crippen molar-refractivity contribution in [2.75, 3.05) is 13.2 Å². The van der Waals surface area contributed by atoms with E-state index in [0.717, 1.165) is 16.3 Å². The number of esters is 1. The lowest BCUT2D eigenvalue weighted by molar-refractivity contribution is -0.134. The molecule has 1 aliphatic heterocycles. The second-order valence-corrected chi connectivity index (χ2v) is 6.61. The van der Waals surface area contributed by atoms with Gasteiger partial charge < -0.3 is 4.74 Å². The van der Waals surface area contributed by atoms with Crippen molar-refractivity contribution < 1.29 is 14.3 Å². The predicted molar refractivity (Wildman–Crippen MR) is 91.2 cm³/mol. The van der Waals surface area contributed by atoms with Crippen molar-refractivity contribution in [3.8, 4) is 0 Å². The first-order valence-corrected chi connectivity index (χ1v) is 8.40. The van der Waals surface area contributed by atoms with Gasteiger partial charge in [0.25, 0.3) is 5.91 Å². The minimum Gasteiger partial charge on any atom is -0.451 e. The first-order chi connectivity index (χ1) is 11.5. The quantitative estimate of drug-likeness (QED) is 0.800. The maximum absolute atomic E-state index is 12.2. The van der Waals surface area contributed by atoms with Crippen LogP contribution in [0.15, 0.2) is 35.4 Å². The Morgan fingerprint density at radius 1 is 1.25 bits per heavy atom. The van der Waals surface area contributed by atoms with Gasteiger partial charge in [0, 0.05) is 6.42 Å². The Hall–Kier alpha value is -2.54. The van der Waals surface area contributed by atoms with Crippen LogP contribution in [0.1, 0.15) is 32.4 Å². The third kappa shape index (κ3) is 3.51. The van der Waals surface area contributed by atoms with Gasteiger partial charge in [-0.2, -0.15) is 5.10 Å². The lowest BCUT2D eigenvalue weighted by Gasteiger charge is -2.11. The lowest BCUT2D eigenvalue weighted by Crippen LogP contribution is -2.28. The van der Waals surface area contributed by atoms with E-state index in [-0.39, 0.29) is 12.5 Å². The Kier molecular flexibility index (Phi) is 4.71. The zero-order valence-corrected chi connectivity index (χ0v) is 14.3. The Morgan fingerprint density at radius 3 is 2.67 bits per heavy atom. The topological polar surface area (TPSA) is 71.9 Å². The van der Waals surface area contributed by atoms with Crippen LogP contribution in [0.4, 0.5) is 0 Å². The Labute approximate surface area is 143 Å². The molecule has 1 amide bonds. The van der Waals surface area contributed by atoms with Crippen molar-refractivity contribution in [2.45, 2.75) is 20.3 Å². The molecule has 0 aliphatic carbocycles. The summed E-state index contributed by atoms with van der Waals surface area (Å²) in [7, 11) is 0. The number of aromatic nitrogens is 1. The molecule has 0 spiro atoms. The van der Waals surface area contributed by atoms with Crippen LogP contribution < -0.4 is 0 Å². The zero-order valence-electron chi connectivity index (χ0n) is 13.5. The number of hydrazone groups is 1. The van der Waals surface area contributed by atoms with E-state index in [9.17, 15) is 9.59 Å². The summed E-state index contributed by atoms with van der Waals surface area (Å²) < 4.78 is 5.11. The van der Waals surface area contributed by atoms with E-state index in [4.69, 9.17) is 4.74 Å². The number of nitrogens with zero attached hydrogens (tertiary/aromatic N) is 3. The Bertz CT molecular complexity index is 799. The van der Waals surface area contributed by atoms with Crippen LogP contribution in [0.3, 0.4) is 0 Å². The van der Waals surface area contributed by atoms with Gasteiger partial charge in [0.05, 0.1) is 23.0 Å². The number of thiazole rings is 1. The van der Waals surface area contributed by atoms with E-state index in [1.807, 2.05) is 37.3 Å². The molecular weight excluding hydrogens is 326 g/mol. The molecule has 6 nitrogen and oxygen atoms in total. The number of hydrogen-bond acceptors (Lipinski definition) is 6. The van der Waals surface area contributed by atoms with Crippen molar-refractivity contribution >= 4 is 28.9 Å². The molecule has 1 aliphatic rings. The number of ether oxygens (including phenoxy) is 1. The van der Waals surface area contributed by atoms with Gasteiger partial charge in [0.2, 0.25) is 0 Å². The van der Waals surface area contributed by atoms with Gasteiger partial charge in [-0.05, 0) is 19.4 Å². The fourth-order valence-corrected chi connectivity index (χ4v) is 3.27. The van der Waals surface area contributed by atoms with Crippen LogP contribution >= 0.6 is 11.3 Å². The standard InChI is InChI=1S/C17H17N3O3S/c1-11-16(24-12(2)18-11)17(22)23-10-15(21)20-9-8-14(19-20)13-6-4-3-5-7-13/h3-7H,8-10H2,1-2H3. The van der Waals surface area contributed by atoms with E-state index in [0.29, 0.717) is 23.5 Å². The summed E-state index contributed by atoms with van der Waals surface area (Å²) in [5, 5.41) is 6.49. The van der Waals surface area contributed by atoms with Crippen molar-refractivity contribution in [2.24, 2.45) is 5.10 Å². The molecule has 0 saturated carbocycles. The summed E-state index contributed by atoms with van der Waals surface area (Å²) in [4.78, 5) is 28.8. The number of carbonyl (C=O) groups is 2. The molecule has 0 saturated heterocycles. The van der Waals surface area contributed by atoms with Gasteiger partial charge in [-0.1, -0.05) is 30.3 Å². The number of aryl methyl sites for hydroxylation is 2. The molecule has 2 heterocycles. The molecule has 2 aromatic rings. The molecule has 0 fully saturated rings. The second kappa shape index (κ2) is 6.92. The van der Waals surface area contributed by atoms with Crippen LogP contribution in [-0.4, -0.2) is 40.7 Å². The minimum absolute atomic E-state index is 0.319. The van der Waals surface area contributed by atoms with Crippen molar-refractivity contribution in [1.82, 2.24) is 9.99 Å². The molecular formula is C17H17N3O3S. The normalized spacial score (nSPS) is 13.8. The summed E-state index contributed by atoms with van der Waals surface area (Å²) in [6.07, 6.45) is 0.691. The van der Waals surface area contributed by atoms with Crippen molar-refractivity contribution in [1.29, 1.82) is 0 Å². The summed E-state index contributed by atoms with van der Waals surface area (Å²) in [6, 6.07) is 9.72. The molecule has 0 bridgehead atoms. The third-order valence-electron chi connectivity index (χ3n) is 3.61. The van der Waals surface area contributed by atoms with Crippen LogP contribution in [0.2, 0.25) is 0 Å². The summed E-state index contributed by atoms with van der Waals surface area (Å²) in [5.41, 5.74) is 2.49. The highest BCUT2D eigenvalue weighted by Gasteiger charge is 2.23. The van der Waals surface area contributed by atoms with Gasteiger partial charge >= 0.3 is 5.97 Å². The summed E-state index contributed by atoms with van der Waals surface area (Å²) in [5.74, 6) is -0.842. The van der Waals surface area contributed by atoms with Crippen molar-refractivity contribution in [3.63, 3.8) is 0 Å². The van der Waals surface area contributed by atoms with Crippen LogP contribution in [0.25, 0.3) is 0 Å². The van der Waals surface area contributed by atoms with Gasteiger partial charge in [-0.25, -0.2) is 14.8 Å². The molecule has 0 radical (unpaired) electrons. The summed E-state index contributed by atoms with van der Waals surface area (Å²) in [6.45, 7) is 3.75. The second-order valence-electron chi connectivity index (χ2n) is 5.40. The number of rotatable bonds is 4. The average molecular weight is 343 g/mol. The first kappa shape index (κ1) is 16.3. The molecule has 7 heteroatoms. The fourth-order valence-electron chi connectivity index (χ4n) is 2.46. The highest BCUT2D eigenvalue weighted by atomic mass is 32.1. The number of amides is 1. The Balaban J connectivity index is 1.59. The average Bonchev–Trinajstić information content (AvgIpc) is 3.20. The van der Waals surface area contributed by atoms with E-state index < -0.39 is 5.97 Å². The van der Waals surface area contributed by atoms with Crippen molar-refractivity contribution in [3.05, 3.63) is 51.5 Å². The van der Waals surface area contributed by atoms with E-state index in [1.165, 1.54) is 16.3 Å². The monoisotopic (exact) mass is 343 g/mol. The van der Waals surface area contributed by atoms with Gasteiger partial charge in [-0.3, -0.25) is 4.79 Å². The first-order valence-electron chi connectivity index (χ1n) is 7.59. The SMILES string of the molecule is Cc1nc(C)c(C(=O)OCC(=O)N2CCC(c3ccccc3)=N2)s1. The van der Waals surface area contributed by atoms with E-state index >= 15 is 0 Å². The molecule has 124 valence electrons. The van der Waals surface area contributed by atoms with Crippen LogP contribution in [0, 0.1) is 13.8 Å². The van der Waals surface area contributed by atoms with Crippen LogP contribution in [-0.2, 0) is 9.53 Å². The fraction of sp³-hybridized carbons (Fsp3) is 0.294.